The molecule has 1 atom stereocenters. The highest BCUT2D eigenvalue weighted by atomic mass is 16.2. The second-order valence-corrected chi connectivity index (χ2v) is 3.65. The van der Waals surface area contributed by atoms with Crippen molar-refractivity contribution in [3.63, 3.8) is 0 Å². The maximum Gasteiger partial charge on any atom is 0.244 e. The van der Waals surface area contributed by atoms with Gasteiger partial charge in [-0.05, 0) is 33.2 Å². The van der Waals surface area contributed by atoms with E-state index < -0.39 is 0 Å². The summed E-state index contributed by atoms with van der Waals surface area (Å²) in [7, 11) is 0. The molecule has 0 saturated carbocycles. The molecule has 0 bridgehead atoms. The van der Waals surface area contributed by atoms with Crippen molar-refractivity contribution >= 4 is 5.91 Å². The molecule has 3 N–H and O–H groups in total. The topological polar surface area (TPSA) is 85.8 Å². The zero-order chi connectivity index (χ0) is 12.0. The number of hydrogen-bond acceptors (Lipinski definition) is 4. The Labute approximate surface area is 95.2 Å². The van der Waals surface area contributed by atoms with Gasteiger partial charge >= 0.3 is 0 Å². The molecule has 0 spiro atoms. The van der Waals surface area contributed by atoms with E-state index in [1.165, 1.54) is 0 Å². The number of nitrogens with zero attached hydrogens (tertiary/aromatic N) is 3. The van der Waals surface area contributed by atoms with Crippen LogP contribution in [0, 0.1) is 0 Å². The molecule has 0 fully saturated rings. The molecule has 0 aliphatic rings. The Morgan fingerprint density at radius 2 is 2.44 bits per heavy atom. The number of likely N-dealkylation sites (N-methyl/N-ethyl adjacent to an activating group) is 1. The predicted octanol–water partition coefficient (Wildman–Crippen LogP) is -0.133. The molecule has 0 aromatic carbocycles. The van der Waals surface area contributed by atoms with Gasteiger partial charge in [0.25, 0.3) is 0 Å². The standard InChI is InChI=1S/C10H19N5O/c1-3-12-10(16)8(2)15-7-9(13-14-15)5-4-6-11/h7-8H,3-6,11H2,1-2H3,(H,12,16). The number of nitrogens with two attached hydrogens (primary N) is 1. The summed E-state index contributed by atoms with van der Waals surface area (Å²) >= 11 is 0. The summed E-state index contributed by atoms with van der Waals surface area (Å²) in [5, 5.41) is 10.7. The molecule has 1 aromatic heterocycles. The lowest BCUT2D eigenvalue weighted by molar-refractivity contribution is -0.124. The number of amides is 1. The Kier molecular flexibility index (Phi) is 4.91. The molecule has 1 aromatic rings. The Bertz CT molecular complexity index is 336. The molecule has 1 heterocycles. The summed E-state index contributed by atoms with van der Waals surface area (Å²) in [5.41, 5.74) is 6.29. The van der Waals surface area contributed by atoms with Crippen molar-refractivity contribution in [1.29, 1.82) is 0 Å². The van der Waals surface area contributed by atoms with E-state index in [-0.39, 0.29) is 11.9 Å². The molecule has 0 radical (unpaired) electrons. The maximum absolute atomic E-state index is 11.5. The summed E-state index contributed by atoms with van der Waals surface area (Å²) in [6, 6.07) is -0.320. The highest BCUT2D eigenvalue weighted by molar-refractivity contribution is 5.79. The molecule has 1 amide bonds. The van der Waals surface area contributed by atoms with E-state index in [1.807, 2.05) is 6.92 Å². The molecular weight excluding hydrogens is 206 g/mol. The quantitative estimate of drug-likeness (QED) is 0.706. The van der Waals surface area contributed by atoms with Crippen LogP contribution in [-0.4, -0.2) is 34.0 Å². The number of carbonyl (C=O) groups is 1. The van der Waals surface area contributed by atoms with Crippen LogP contribution in [0.1, 0.15) is 32.0 Å². The van der Waals surface area contributed by atoms with E-state index in [0.29, 0.717) is 13.1 Å². The third kappa shape index (κ3) is 3.30. The number of aryl methyl sites for hydroxylation is 1. The van der Waals surface area contributed by atoms with Crippen molar-refractivity contribution in [3.05, 3.63) is 11.9 Å². The van der Waals surface area contributed by atoms with Crippen molar-refractivity contribution in [2.45, 2.75) is 32.7 Å². The number of aromatic nitrogens is 3. The lowest BCUT2D eigenvalue weighted by Crippen LogP contribution is -2.31. The average molecular weight is 225 g/mol. The Morgan fingerprint density at radius 3 is 3.06 bits per heavy atom. The predicted molar refractivity (Wildman–Crippen MR) is 60.8 cm³/mol. The van der Waals surface area contributed by atoms with E-state index in [9.17, 15) is 4.79 Å². The van der Waals surface area contributed by atoms with Crippen LogP contribution in [-0.2, 0) is 11.2 Å². The molecule has 0 saturated heterocycles. The first kappa shape index (κ1) is 12.6. The summed E-state index contributed by atoms with van der Waals surface area (Å²) in [6.45, 7) is 4.95. The van der Waals surface area contributed by atoms with E-state index in [4.69, 9.17) is 5.73 Å². The Balaban J connectivity index is 2.59. The fraction of sp³-hybridized carbons (Fsp3) is 0.700. The zero-order valence-corrected chi connectivity index (χ0v) is 9.81. The normalized spacial score (nSPS) is 12.4. The first-order valence-corrected chi connectivity index (χ1v) is 5.57. The zero-order valence-electron chi connectivity index (χ0n) is 9.81. The van der Waals surface area contributed by atoms with Gasteiger partial charge in [-0.1, -0.05) is 5.21 Å². The van der Waals surface area contributed by atoms with E-state index in [2.05, 4.69) is 15.6 Å². The van der Waals surface area contributed by atoms with Gasteiger partial charge in [-0.25, -0.2) is 4.68 Å². The van der Waals surface area contributed by atoms with Crippen LogP contribution in [0.4, 0.5) is 0 Å². The highest BCUT2D eigenvalue weighted by Crippen LogP contribution is 2.05. The van der Waals surface area contributed by atoms with Gasteiger partial charge in [0.15, 0.2) is 0 Å². The monoisotopic (exact) mass is 225 g/mol. The lowest BCUT2D eigenvalue weighted by atomic mass is 10.2. The van der Waals surface area contributed by atoms with E-state index in [0.717, 1.165) is 18.5 Å². The first-order valence-electron chi connectivity index (χ1n) is 5.57. The van der Waals surface area contributed by atoms with Gasteiger partial charge in [0.2, 0.25) is 5.91 Å². The second kappa shape index (κ2) is 6.22. The van der Waals surface area contributed by atoms with Gasteiger partial charge in [0.05, 0.1) is 5.69 Å². The molecular formula is C10H19N5O. The van der Waals surface area contributed by atoms with Crippen molar-refractivity contribution in [1.82, 2.24) is 20.3 Å². The van der Waals surface area contributed by atoms with E-state index >= 15 is 0 Å². The molecule has 0 aliphatic carbocycles. The molecule has 16 heavy (non-hydrogen) atoms. The molecule has 1 unspecified atom stereocenters. The van der Waals surface area contributed by atoms with Crippen molar-refractivity contribution in [3.8, 4) is 0 Å². The van der Waals surface area contributed by atoms with Gasteiger partial charge in [0, 0.05) is 12.7 Å². The smallest absolute Gasteiger partial charge is 0.244 e. The van der Waals surface area contributed by atoms with Gasteiger partial charge < -0.3 is 11.1 Å². The fourth-order valence-electron chi connectivity index (χ4n) is 1.34. The summed E-state index contributed by atoms with van der Waals surface area (Å²) in [6.07, 6.45) is 3.49. The van der Waals surface area contributed by atoms with Crippen LogP contribution in [0.3, 0.4) is 0 Å². The van der Waals surface area contributed by atoms with Crippen molar-refractivity contribution in [2.75, 3.05) is 13.1 Å². The Hall–Kier alpha value is -1.43. The van der Waals surface area contributed by atoms with Crippen molar-refractivity contribution in [2.24, 2.45) is 5.73 Å². The molecule has 6 nitrogen and oxygen atoms in total. The summed E-state index contributed by atoms with van der Waals surface area (Å²) < 4.78 is 1.58. The van der Waals surface area contributed by atoms with Crippen molar-refractivity contribution < 1.29 is 4.79 Å². The lowest BCUT2D eigenvalue weighted by Gasteiger charge is -2.10. The third-order valence-electron chi connectivity index (χ3n) is 2.32. The SMILES string of the molecule is CCNC(=O)C(C)n1cc(CCCN)nn1. The van der Waals surface area contributed by atoms with Crippen LogP contribution in [0.25, 0.3) is 0 Å². The minimum atomic E-state index is -0.320. The minimum Gasteiger partial charge on any atom is -0.355 e. The number of carbonyl (C=O) groups excluding carboxylic acids is 1. The van der Waals surface area contributed by atoms with Crippen LogP contribution < -0.4 is 11.1 Å². The summed E-state index contributed by atoms with van der Waals surface area (Å²) in [4.78, 5) is 11.5. The molecule has 0 aliphatic heterocycles. The maximum atomic E-state index is 11.5. The van der Waals surface area contributed by atoms with Gasteiger partial charge in [0.1, 0.15) is 6.04 Å². The second-order valence-electron chi connectivity index (χ2n) is 3.65. The number of rotatable bonds is 6. The van der Waals surface area contributed by atoms with E-state index in [1.54, 1.807) is 17.8 Å². The highest BCUT2D eigenvalue weighted by Gasteiger charge is 2.15. The fourth-order valence-corrected chi connectivity index (χ4v) is 1.34. The molecule has 6 heteroatoms. The number of hydrogen-bond donors (Lipinski definition) is 2. The third-order valence-corrected chi connectivity index (χ3v) is 2.32. The van der Waals surface area contributed by atoms with Gasteiger partial charge in [-0.3, -0.25) is 4.79 Å². The minimum absolute atomic E-state index is 0.0437. The average Bonchev–Trinajstić information content (AvgIpc) is 2.74. The van der Waals surface area contributed by atoms with Crippen LogP contribution in [0.2, 0.25) is 0 Å². The van der Waals surface area contributed by atoms with Crippen LogP contribution in [0.5, 0.6) is 0 Å². The first-order chi connectivity index (χ1) is 7.69. The molecule has 90 valence electrons. The van der Waals surface area contributed by atoms with Crippen LogP contribution in [0.15, 0.2) is 6.20 Å². The molecule has 1 rings (SSSR count). The Morgan fingerprint density at radius 1 is 1.69 bits per heavy atom. The largest absolute Gasteiger partial charge is 0.355 e. The van der Waals surface area contributed by atoms with Gasteiger partial charge in [-0.2, -0.15) is 0 Å². The summed E-state index contributed by atoms with van der Waals surface area (Å²) in [5.74, 6) is -0.0437. The van der Waals surface area contributed by atoms with Gasteiger partial charge in [-0.15, -0.1) is 5.10 Å². The number of nitrogens with one attached hydrogen (secondary N) is 1. The van der Waals surface area contributed by atoms with Crippen LogP contribution >= 0.6 is 0 Å².